The highest BCUT2D eigenvalue weighted by molar-refractivity contribution is 9.11. The number of ether oxygens (including phenoxy) is 4. The molecule has 2 heterocycles. The van der Waals surface area contributed by atoms with E-state index in [1.807, 2.05) is 0 Å². The molecule has 0 aliphatic carbocycles. The number of benzene rings is 2. The molecule has 1 N–H and O–H groups in total. The summed E-state index contributed by atoms with van der Waals surface area (Å²) in [6, 6.07) is 7.43. The molecule has 4 rings (SSSR count). The Kier molecular flexibility index (Phi) is 9.72. The lowest BCUT2D eigenvalue weighted by Gasteiger charge is -2.25. The monoisotopic (exact) mass is 708 g/mol. The van der Waals surface area contributed by atoms with Crippen molar-refractivity contribution < 1.29 is 33.6 Å². The van der Waals surface area contributed by atoms with E-state index in [1.165, 1.54) is 11.7 Å². The van der Waals surface area contributed by atoms with E-state index < -0.39 is 23.5 Å². The number of phenols is 1. The zero-order chi connectivity index (χ0) is 29.8. The molecule has 1 aliphatic rings. The van der Waals surface area contributed by atoms with Gasteiger partial charge in [0.2, 0.25) is 0 Å². The highest BCUT2D eigenvalue weighted by atomic mass is 79.9. The predicted molar refractivity (Wildman–Crippen MR) is 159 cm³/mol. The minimum Gasteiger partial charge on any atom is -0.506 e. The summed E-state index contributed by atoms with van der Waals surface area (Å²) in [5.74, 6) is -0.580. The van der Waals surface area contributed by atoms with Crippen LogP contribution in [0.25, 0.3) is 6.08 Å². The van der Waals surface area contributed by atoms with Crippen LogP contribution in [0.4, 0.5) is 0 Å². The highest BCUT2D eigenvalue weighted by Crippen LogP contribution is 2.37. The van der Waals surface area contributed by atoms with E-state index in [0.717, 1.165) is 11.3 Å². The van der Waals surface area contributed by atoms with Crippen LogP contribution < -0.4 is 24.4 Å². The number of thiazole rings is 1. The van der Waals surface area contributed by atoms with Gasteiger partial charge in [0.05, 0.1) is 46.6 Å². The summed E-state index contributed by atoms with van der Waals surface area (Å²) in [6.07, 6.45) is 1.57. The van der Waals surface area contributed by atoms with Gasteiger partial charge in [-0.15, -0.1) is 0 Å². The fourth-order valence-electron chi connectivity index (χ4n) is 4.22. The fraction of sp³-hybridized carbons (Fsp3) is 0.286. The van der Waals surface area contributed by atoms with E-state index in [-0.39, 0.29) is 24.5 Å². The number of allylic oxidation sites excluding steroid dienone is 1. The Bertz CT molecular complexity index is 1730. The minimum absolute atomic E-state index is 0.0251. The Morgan fingerprint density at radius 3 is 2.56 bits per heavy atom. The van der Waals surface area contributed by atoms with Crippen LogP contribution in [0.5, 0.6) is 17.2 Å². The van der Waals surface area contributed by atoms with Gasteiger partial charge >= 0.3 is 11.9 Å². The molecule has 0 fully saturated rings. The predicted octanol–water partition coefficient (Wildman–Crippen LogP) is 3.98. The molecule has 13 heteroatoms. The topological polar surface area (TPSA) is 126 Å². The van der Waals surface area contributed by atoms with Gasteiger partial charge < -0.3 is 24.1 Å². The first-order chi connectivity index (χ1) is 19.6. The van der Waals surface area contributed by atoms with E-state index in [4.69, 9.17) is 14.2 Å². The van der Waals surface area contributed by atoms with Crippen molar-refractivity contribution in [1.29, 1.82) is 0 Å². The number of phenolic OH excluding ortho intramolecular Hbond substituents is 1. The van der Waals surface area contributed by atoms with Gasteiger partial charge in [0, 0.05) is 10.0 Å². The molecule has 1 aliphatic heterocycles. The average Bonchev–Trinajstić information content (AvgIpc) is 3.23. The van der Waals surface area contributed by atoms with Crippen molar-refractivity contribution >= 4 is 61.2 Å². The molecule has 0 bridgehead atoms. The zero-order valence-corrected chi connectivity index (χ0v) is 26.5. The normalized spacial score (nSPS) is 14.8. The summed E-state index contributed by atoms with van der Waals surface area (Å²) in [4.78, 5) is 43.7. The van der Waals surface area contributed by atoms with Crippen molar-refractivity contribution in [3.8, 4) is 17.2 Å². The first-order valence-electron chi connectivity index (χ1n) is 12.4. The molecule has 10 nitrogen and oxygen atoms in total. The van der Waals surface area contributed by atoms with Crippen LogP contribution in [-0.4, -0.2) is 48.5 Å². The van der Waals surface area contributed by atoms with Crippen molar-refractivity contribution in [2.75, 3.05) is 26.9 Å². The number of aromatic hydroxyl groups is 1. The second-order valence-corrected chi connectivity index (χ2v) is 11.4. The standard InChI is InChI=1S/C28H26Br2N2O8S/c1-5-38-20-10-15(7-8-19(20)40-13-22(33)37-4)24-23(27(36)39-6-2)14(3)31-28-32(24)26(35)21(41-28)11-16-9-17(29)12-18(30)25(16)34/h7-12,24,34H,5-6,13H2,1-4H3/b21-11-/t24-/m1/s1. The smallest absolute Gasteiger partial charge is 0.343 e. The molecule has 216 valence electrons. The number of methoxy groups -OCH3 is 1. The summed E-state index contributed by atoms with van der Waals surface area (Å²) in [7, 11) is 1.26. The summed E-state index contributed by atoms with van der Waals surface area (Å²) in [5.41, 5.74) is 1.15. The SMILES string of the molecule is CCOC(=O)C1=C(C)N=c2s/c(=C\c3cc(Br)cc(Br)c3O)c(=O)n2[C@@H]1c1ccc(OCC(=O)OC)c(OCC)c1. The zero-order valence-electron chi connectivity index (χ0n) is 22.5. The van der Waals surface area contributed by atoms with Crippen LogP contribution >= 0.6 is 43.2 Å². The van der Waals surface area contributed by atoms with Crippen LogP contribution in [0.15, 0.2) is 60.3 Å². The molecular weight excluding hydrogens is 684 g/mol. The van der Waals surface area contributed by atoms with Crippen molar-refractivity contribution in [3.63, 3.8) is 0 Å². The Morgan fingerprint density at radius 1 is 1.12 bits per heavy atom. The van der Waals surface area contributed by atoms with E-state index in [0.29, 0.717) is 53.2 Å². The molecule has 0 amide bonds. The first kappa shape index (κ1) is 30.5. The number of fused-ring (bicyclic) bond motifs is 1. The highest BCUT2D eigenvalue weighted by Gasteiger charge is 2.34. The Morgan fingerprint density at radius 2 is 1.88 bits per heavy atom. The number of rotatable bonds is 9. The fourth-order valence-corrected chi connectivity index (χ4v) is 6.52. The lowest BCUT2D eigenvalue weighted by atomic mass is 9.95. The number of halogens is 2. The molecule has 0 unspecified atom stereocenters. The quantitative estimate of drug-likeness (QED) is 0.331. The number of carbonyl (C=O) groups excluding carboxylic acids is 2. The molecule has 1 aromatic heterocycles. The second-order valence-electron chi connectivity index (χ2n) is 8.63. The Hall–Kier alpha value is -3.42. The Balaban J connectivity index is 1.93. The number of aromatic nitrogens is 1. The molecule has 0 saturated carbocycles. The van der Waals surface area contributed by atoms with Gasteiger partial charge in [0.1, 0.15) is 5.75 Å². The van der Waals surface area contributed by atoms with Gasteiger partial charge in [-0.05, 0) is 72.6 Å². The van der Waals surface area contributed by atoms with Crippen LogP contribution in [0, 0.1) is 0 Å². The third-order valence-electron chi connectivity index (χ3n) is 6.02. The second kappa shape index (κ2) is 13.0. The molecule has 0 spiro atoms. The molecule has 2 aromatic carbocycles. The maximum Gasteiger partial charge on any atom is 0.343 e. The van der Waals surface area contributed by atoms with E-state index in [1.54, 1.807) is 57.2 Å². The minimum atomic E-state index is -0.899. The van der Waals surface area contributed by atoms with Crippen LogP contribution in [0.1, 0.15) is 37.9 Å². The van der Waals surface area contributed by atoms with Gasteiger partial charge in [-0.1, -0.05) is 33.3 Å². The van der Waals surface area contributed by atoms with Gasteiger partial charge in [0.25, 0.3) is 5.56 Å². The largest absolute Gasteiger partial charge is 0.506 e. The molecule has 0 saturated heterocycles. The van der Waals surface area contributed by atoms with E-state index in [2.05, 4.69) is 41.6 Å². The maximum absolute atomic E-state index is 13.9. The lowest BCUT2D eigenvalue weighted by Crippen LogP contribution is -2.40. The lowest BCUT2D eigenvalue weighted by molar-refractivity contribution is -0.143. The van der Waals surface area contributed by atoms with Crippen molar-refractivity contribution in [2.45, 2.75) is 26.8 Å². The van der Waals surface area contributed by atoms with Gasteiger partial charge in [-0.2, -0.15) is 0 Å². The van der Waals surface area contributed by atoms with Gasteiger partial charge in [0.15, 0.2) is 22.9 Å². The van der Waals surface area contributed by atoms with Crippen LogP contribution in [0.2, 0.25) is 0 Å². The Labute approximate surface area is 255 Å². The summed E-state index contributed by atoms with van der Waals surface area (Å²) in [6.45, 7) is 5.29. The summed E-state index contributed by atoms with van der Waals surface area (Å²) in [5, 5.41) is 10.6. The first-order valence-corrected chi connectivity index (χ1v) is 14.8. The number of esters is 2. The van der Waals surface area contributed by atoms with Gasteiger partial charge in [-0.3, -0.25) is 9.36 Å². The van der Waals surface area contributed by atoms with Crippen molar-refractivity contribution in [2.24, 2.45) is 4.99 Å². The van der Waals surface area contributed by atoms with Crippen LogP contribution in [0.3, 0.4) is 0 Å². The number of hydrogen-bond acceptors (Lipinski definition) is 10. The van der Waals surface area contributed by atoms with E-state index in [9.17, 15) is 19.5 Å². The maximum atomic E-state index is 13.9. The van der Waals surface area contributed by atoms with Crippen molar-refractivity contribution in [3.05, 3.63) is 81.4 Å². The number of nitrogens with zero attached hydrogens (tertiary/aromatic N) is 2. The third-order valence-corrected chi connectivity index (χ3v) is 8.06. The average molecular weight is 710 g/mol. The molecule has 0 radical (unpaired) electrons. The third kappa shape index (κ3) is 6.41. The van der Waals surface area contributed by atoms with Gasteiger partial charge in [-0.25, -0.2) is 14.6 Å². The molecule has 41 heavy (non-hydrogen) atoms. The van der Waals surface area contributed by atoms with Crippen LogP contribution in [-0.2, 0) is 19.1 Å². The summed E-state index contributed by atoms with van der Waals surface area (Å²) < 4.78 is 24.3. The molecular formula is C28H26Br2N2O8S. The molecule has 3 aromatic rings. The number of hydrogen-bond donors (Lipinski definition) is 1. The van der Waals surface area contributed by atoms with E-state index >= 15 is 0 Å². The van der Waals surface area contributed by atoms with Crippen molar-refractivity contribution in [1.82, 2.24) is 4.57 Å². The summed E-state index contributed by atoms with van der Waals surface area (Å²) >= 11 is 7.85. The molecule has 1 atom stereocenters. The number of carbonyl (C=O) groups is 2.